The molecular formula is C10H8ClFO. The van der Waals surface area contributed by atoms with Crippen LogP contribution in [0.25, 0.3) is 0 Å². The molecular weight excluding hydrogens is 191 g/mol. The van der Waals surface area contributed by atoms with Gasteiger partial charge in [0.25, 0.3) is 0 Å². The molecule has 0 atom stereocenters. The highest BCUT2D eigenvalue weighted by Gasteiger charge is 2.32. The van der Waals surface area contributed by atoms with Crippen LogP contribution in [0.1, 0.15) is 23.2 Å². The lowest BCUT2D eigenvalue weighted by Crippen LogP contribution is -2.04. The molecule has 0 N–H and O–H groups in total. The highest BCUT2D eigenvalue weighted by atomic mass is 35.5. The van der Waals surface area contributed by atoms with Gasteiger partial charge in [-0.1, -0.05) is 17.7 Å². The van der Waals surface area contributed by atoms with Crippen LogP contribution in [0.15, 0.2) is 18.2 Å². The molecule has 1 aromatic rings. The molecule has 0 unspecified atom stereocenters. The van der Waals surface area contributed by atoms with Gasteiger partial charge in [0.15, 0.2) is 11.6 Å². The summed E-state index contributed by atoms with van der Waals surface area (Å²) in [6.07, 6.45) is 1.76. The Kier molecular flexibility index (Phi) is 2.08. The standard InChI is InChI=1S/C10H8ClFO/c11-8-3-1-2-7(9(8)12)10(13)6-4-5-6/h1-3,6H,4-5H2. The molecule has 2 rings (SSSR count). The second-order valence-corrected chi connectivity index (χ2v) is 3.65. The number of carbonyl (C=O) groups excluding carboxylic acids is 1. The molecule has 1 fully saturated rings. The molecule has 0 saturated heterocycles. The fourth-order valence-electron chi connectivity index (χ4n) is 1.26. The number of ketones is 1. The zero-order valence-corrected chi connectivity index (χ0v) is 7.64. The van der Waals surface area contributed by atoms with Gasteiger partial charge in [0.2, 0.25) is 0 Å². The molecule has 1 aliphatic rings. The minimum Gasteiger partial charge on any atom is -0.294 e. The van der Waals surface area contributed by atoms with Crippen LogP contribution in [-0.2, 0) is 0 Å². The molecule has 13 heavy (non-hydrogen) atoms. The summed E-state index contributed by atoms with van der Waals surface area (Å²) in [5.41, 5.74) is 0.134. The number of benzene rings is 1. The van der Waals surface area contributed by atoms with Crippen LogP contribution >= 0.6 is 11.6 Å². The van der Waals surface area contributed by atoms with E-state index in [-0.39, 0.29) is 22.3 Å². The van der Waals surface area contributed by atoms with E-state index in [4.69, 9.17) is 11.6 Å². The maximum absolute atomic E-state index is 13.3. The maximum atomic E-state index is 13.3. The van der Waals surface area contributed by atoms with Crippen molar-refractivity contribution in [2.24, 2.45) is 5.92 Å². The van der Waals surface area contributed by atoms with Gasteiger partial charge < -0.3 is 0 Å². The minimum absolute atomic E-state index is 0.0199. The molecule has 0 radical (unpaired) electrons. The largest absolute Gasteiger partial charge is 0.294 e. The third-order valence-corrected chi connectivity index (χ3v) is 2.46. The van der Waals surface area contributed by atoms with Crippen LogP contribution < -0.4 is 0 Å². The van der Waals surface area contributed by atoms with Crippen LogP contribution in [0, 0.1) is 11.7 Å². The Morgan fingerprint density at radius 1 is 1.46 bits per heavy atom. The highest BCUT2D eigenvalue weighted by molar-refractivity contribution is 6.31. The van der Waals surface area contributed by atoms with Crippen molar-refractivity contribution in [1.82, 2.24) is 0 Å². The van der Waals surface area contributed by atoms with Crippen molar-refractivity contribution in [3.05, 3.63) is 34.6 Å². The van der Waals surface area contributed by atoms with Crippen molar-refractivity contribution < 1.29 is 9.18 Å². The number of hydrogen-bond donors (Lipinski definition) is 0. The fourth-order valence-corrected chi connectivity index (χ4v) is 1.43. The molecule has 0 heterocycles. The van der Waals surface area contributed by atoms with Gasteiger partial charge in [0.1, 0.15) is 0 Å². The van der Waals surface area contributed by atoms with Crippen LogP contribution in [0.4, 0.5) is 4.39 Å². The second-order valence-electron chi connectivity index (χ2n) is 3.24. The van der Waals surface area contributed by atoms with E-state index in [0.717, 1.165) is 12.8 Å². The molecule has 0 aromatic heterocycles. The molecule has 68 valence electrons. The summed E-state index contributed by atoms with van der Waals surface area (Å²) in [7, 11) is 0. The van der Waals surface area contributed by atoms with Crippen molar-refractivity contribution in [3.8, 4) is 0 Å². The summed E-state index contributed by atoms with van der Waals surface area (Å²) in [5, 5.41) is 0.0199. The normalized spacial score (nSPS) is 15.8. The first-order valence-corrected chi connectivity index (χ1v) is 4.56. The number of hydrogen-bond acceptors (Lipinski definition) is 1. The Bertz CT molecular complexity index is 358. The van der Waals surface area contributed by atoms with E-state index in [0.29, 0.717) is 0 Å². The molecule has 1 aromatic carbocycles. The highest BCUT2D eigenvalue weighted by Crippen LogP contribution is 2.34. The van der Waals surface area contributed by atoms with Crippen molar-refractivity contribution in [3.63, 3.8) is 0 Å². The quantitative estimate of drug-likeness (QED) is 0.668. The second kappa shape index (κ2) is 3.11. The summed E-state index contributed by atoms with van der Waals surface area (Å²) < 4.78 is 13.3. The molecule has 1 aliphatic carbocycles. The monoisotopic (exact) mass is 198 g/mol. The van der Waals surface area contributed by atoms with Gasteiger partial charge in [-0.05, 0) is 25.0 Å². The Labute approximate surface area is 80.5 Å². The van der Waals surface area contributed by atoms with E-state index >= 15 is 0 Å². The number of halogens is 2. The van der Waals surface area contributed by atoms with Crippen molar-refractivity contribution in [1.29, 1.82) is 0 Å². The fraction of sp³-hybridized carbons (Fsp3) is 0.300. The average Bonchev–Trinajstić information content (AvgIpc) is 2.91. The maximum Gasteiger partial charge on any atom is 0.168 e. The Balaban J connectivity index is 2.38. The number of rotatable bonds is 2. The SMILES string of the molecule is O=C(c1cccc(Cl)c1F)C1CC1. The predicted molar refractivity (Wildman–Crippen MR) is 48.5 cm³/mol. The summed E-state index contributed by atoms with van der Waals surface area (Å²) >= 11 is 5.56. The van der Waals surface area contributed by atoms with Crippen LogP contribution in [0.5, 0.6) is 0 Å². The van der Waals surface area contributed by atoms with Gasteiger partial charge in [-0.3, -0.25) is 4.79 Å². The summed E-state index contributed by atoms with van der Waals surface area (Å²) in [6.45, 7) is 0. The lowest BCUT2D eigenvalue weighted by Gasteiger charge is -2.01. The van der Waals surface area contributed by atoms with Crippen LogP contribution in [0.2, 0.25) is 5.02 Å². The predicted octanol–water partition coefficient (Wildman–Crippen LogP) is 3.07. The zero-order chi connectivity index (χ0) is 9.42. The number of carbonyl (C=O) groups is 1. The van der Waals surface area contributed by atoms with Gasteiger partial charge >= 0.3 is 0 Å². The first-order valence-electron chi connectivity index (χ1n) is 4.18. The van der Waals surface area contributed by atoms with Gasteiger partial charge in [0.05, 0.1) is 10.6 Å². The van der Waals surface area contributed by atoms with Crippen LogP contribution in [-0.4, -0.2) is 5.78 Å². The lowest BCUT2D eigenvalue weighted by molar-refractivity contribution is 0.0963. The van der Waals surface area contributed by atoms with Gasteiger partial charge in [-0.2, -0.15) is 0 Å². The van der Waals surface area contributed by atoms with E-state index < -0.39 is 5.82 Å². The molecule has 1 nitrogen and oxygen atoms in total. The Morgan fingerprint density at radius 3 is 2.77 bits per heavy atom. The molecule has 0 amide bonds. The van der Waals surface area contributed by atoms with Gasteiger partial charge in [0, 0.05) is 5.92 Å². The zero-order valence-electron chi connectivity index (χ0n) is 6.89. The van der Waals surface area contributed by atoms with E-state index in [1.165, 1.54) is 12.1 Å². The molecule has 3 heteroatoms. The third kappa shape index (κ3) is 1.59. The van der Waals surface area contributed by atoms with E-state index in [2.05, 4.69) is 0 Å². The van der Waals surface area contributed by atoms with Crippen molar-refractivity contribution in [2.75, 3.05) is 0 Å². The van der Waals surface area contributed by atoms with E-state index in [1.54, 1.807) is 6.07 Å². The smallest absolute Gasteiger partial charge is 0.168 e. The first kappa shape index (κ1) is 8.70. The molecule has 1 saturated carbocycles. The molecule has 0 aliphatic heterocycles. The summed E-state index contributed by atoms with van der Waals surface area (Å²) in [4.78, 5) is 11.5. The first-order chi connectivity index (χ1) is 6.20. The number of Topliss-reactive ketones (excluding diaryl/α,β-unsaturated/α-hetero) is 1. The topological polar surface area (TPSA) is 17.1 Å². The molecule has 0 spiro atoms. The van der Waals surface area contributed by atoms with Crippen molar-refractivity contribution in [2.45, 2.75) is 12.8 Å². The Morgan fingerprint density at radius 2 is 2.15 bits per heavy atom. The van der Waals surface area contributed by atoms with E-state index in [9.17, 15) is 9.18 Å². The van der Waals surface area contributed by atoms with Gasteiger partial charge in [-0.25, -0.2) is 4.39 Å². The van der Waals surface area contributed by atoms with Crippen LogP contribution in [0.3, 0.4) is 0 Å². The third-order valence-electron chi connectivity index (χ3n) is 2.17. The lowest BCUT2D eigenvalue weighted by atomic mass is 10.1. The minimum atomic E-state index is -0.582. The average molecular weight is 199 g/mol. The Hall–Kier alpha value is -0.890. The van der Waals surface area contributed by atoms with E-state index in [1.807, 2.05) is 0 Å². The summed E-state index contributed by atoms with van der Waals surface area (Å²) in [5.74, 6) is -0.658. The van der Waals surface area contributed by atoms with Crippen molar-refractivity contribution >= 4 is 17.4 Å². The summed E-state index contributed by atoms with van der Waals surface area (Å²) in [6, 6.07) is 4.53. The molecule has 0 bridgehead atoms. The van der Waals surface area contributed by atoms with Gasteiger partial charge in [-0.15, -0.1) is 0 Å².